The topological polar surface area (TPSA) is 174 Å². The average Bonchev–Trinajstić information content (AvgIpc) is 3.73. The molecule has 0 bridgehead atoms. The van der Waals surface area contributed by atoms with Crippen LogP contribution in [0, 0.1) is 17.8 Å². The Bertz CT molecular complexity index is 1530. The van der Waals surface area contributed by atoms with Gasteiger partial charge in [-0.1, -0.05) is 0 Å². The third-order valence-electron chi connectivity index (χ3n) is 9.55. The number of aliphatic hydroxyl groups excluding tert-OH is 2. The Kier molecular flexibility index (Phi) is 8.81. The number of fused-ring (bicyclic) bond motifs is 3. The number of aromatic hydroxyl groups is 1. The molecule has 0 spiro atoms. The number of amides is 1. The fraction of sp³-hybridized carbons (Fsp3) is 0.594. The number of benzene rings is 1. The van der Waals surface area contributed by atoms with Crippen molar-refractivity contribution in [1.29, 1.82) is 0 Å². The van der Waals surface area contributed by atoms with Gasteiger partial charge in [-0.05, 0) is 82.7 Å². The number of ketones is 2. The first-order valence-electron chi connectivity index (χ1n) is 15.3. The maximum absolute atomic E-state index is 14.9. The summed E-state index contributed by atoms with van der Waals surface area (Å²) in [7, 11) is 2.89. The Labute approximate surface area is 264 Å². The highest BCUT2D eigenvalue weighted by molar-refractivity contribution is 6.24. The highest BCUT2D eigenvalue weighted by Gasteiger charge is 2.64. The van der Waals surface area contributed by atoms with E-state index in [-0.39, 0.29) is 24.6 Å². The van der Waals surface area contributed by atoms with Crippen LogP contribution in [-0.4, -0.2) is 99.2 Å². The number of Topliss-reactive ketones (excluding diaryl/α,β-unsaturated/α-hetero) is 2. The van der Waals surface area contributed by atoms with Gasteiger partial charge in [0.1, 0.15) is 22.8 Å². The smallest absolute Gasteiger partial charge is 0.417 e. The van der Waals surface area contributed by atoms with Crippen molar-refractivity contribution in [1.82, 2.24) is 9.80 Å². The Morgan fingerprint density at radius 3 is 2.37 bits per heavy atom. The first-order chi connectivity index (χ1) is 21.4. The summed E-state index contributed by atoms with van der Waals surface area (Å²) in [5, 5.41) is 45.1. The zero-order valence-corrected chi connectivity index (χ0v) is 26.1. The number of phenols is 1. The van der Waals surface area contributed by atoms with Crippen LogP contribution in [0.25, 0.3) is 5.76 Å². The van der Waals surface area contributed by atoms with Gasteiger partial charge in [-0.15, -0.1) is 0 Å². The monoisotopic (exact) mass is 651 g/mol. The Balaban J connectivity index is 1.64. The lowest BCUT2D eigenvalue weighted by atomic mass is 9.57. The van der Waals surface area contributed by atoms with Crippen LogP contribution in [0.1, 0.15) is 55.4 Å². The van der Waals surface area contributed by atoms with Crippen molar-refractivity contribution in [3.63, 3.8) is 0 Å². The van der Waals surface area contributed by atoms with Gasteiger partial charge in [-0.25, -0.2) is 0 Å². The molecule has 1 aromatic carbocycles. The van der Waals surface area contributed by atoms with Gasteiger partial charge < -0.3 is 30.9 Å². The first kappa shape index (κ1) is 33.9. The number of ether oxygens (including phenoxy) is 1. The number of likely N-dealkylation sites (N-methyl/N-ethyl adjacent to an activating group) is 1. The van der Waals surface area contributed by atoms with Gasteiger partial charge in [0, 0.05) is 31.1 Å². The molecule has 0 aromatic heterocycles. The minimum absolute atomic E-state index is 0.0625. The number of hydrogen-bond donors (Lipinski definition) is 5. The van der Waals surface area contributed by atoms with Crippen molar-refractivity contribution in [3.8, 4) is 5.75 Å². The van der Waals surface area contributed by atoms with Crippen molar-refractivity contribution in [2.24, 2.45) is 23.5 Å². The molecule has 2 saturated carbocycles. The number of aliphatic hydroxyl groups is 3. The molecule has 252 valence electrons. The number of halogens is 3. The van der Waals surface area contributed by atoms with Crippen LogP contribution in [-0.2, 0) is 38.3 Å². The van der Waals surface area contributed by atoms with Crippen LogP contribution in [0.3, 0.4) is 0 Å². The molecule has 1 amide bonds. The van der Waals surface area contributed by atoms with E-state index in [4.69, 9.17) is 10.5 Å². The highest BCUT2D eigenvalue weighted by atomic mass is 19.4. The fourth-order valence-corrected chi connectivity index (χ4v) is 7.42. The molecule has 14 heteroatoms. The number of rotatable bonds is 10. The highest BCUT2D eigenvalue weighted by Crippen LogP contribution is 2.54. The summed E-state index contributed by atoms with van der Waals surface area (Å²) in [6.45, 7) is 4.78. The largest absolute Gasteiger partial charge is 0.508 e. The summed E-state index contributed by atoms with van der Waals surface area (Å²) in [6.07, 6.45) is -3.80. The van der Waals surface area contributed by atoms with Gasteiger partial charge in [-0.3, -0.25) is 24.2 Å². The van der Waals surface area contributed by atoms with E-state index in [1.165, 1.54) is 19.0 Å². The summed E-state index contributed by atoms with van der Waals surface area (Å²) < 4.78 is 50.4. The lowest BCUT2D eigenvalue weighted by Crippen LogP contribution is -2.65. The summed E-state index contributed by atoms with van der Waals surface area (Å²) in [5.74, 6) is -8.70. The number of carbonyl (C=O) groups is 3. The zero-order chi connectivity index (χ0) is 34.0. The summed E-state index contributed by atoms with van der Waals surface area (Å²) in [5.41, 5.74) is -1.27. The maximum atomic E-state index is 14.9. The second-order valence-corrected chi connectivity index (χ2v) is 13.3. The van der Waals surface area contributed by atoms with Crippen molar-refractivity contribution < 1.29 is 52.7 Å². The maximum Gasteiger partial charge on any atom is 0.417 e. The predicted octanol–water partition coefficient (Wildman–Crippen LogP) is 2.62. The number of hydrogen-bond acceptors (Lipinski definition) is 10. The molecule has 4 aliphatic carbocycles. The number of nitrogens with two attached hydrogens (primary N) is 1. The van der Waals surface area contributed by atoms with E-state index in [0.717, 1.165) is 18.9 Å². The number of nitrogens with zero attached hydrogens (tertiary/aromatic N) is 2. The summed E-state index contributed by atoms with van der Waals surface area (Å²) >= 11 is 0. The average molecular weight is 652 g/mol. The molecule has 0 radical (unpaired) electrons. The van der Waals surface area contributed by atoms with E-state index >= 15 is 0 Å². The number of primary amides is 1. The third kappa shape index (κ3) is 5.69. The molecule has 1 aromatic rings. The van der Waals surface area contributed by atoms with Gasteiger partial charge in [0.15, 0.2) is 11.4 Å². The van der Waals surface area contributed by atoms with Crippen molar-refractivity contribution >= 4 is 23.2 Å². The molecule has 2 fully saturated rings. The van der Waals surface area contributed by atoms with Crippen molar-refractivity contribution in [2.45, 2.75) is 70.0 Å². The minimum atomic E-state index is -4.91. The van der Waals surface area contributed by atoms with Gasteiger partial charge in [0.05, 0.1) is 29.9 Å². The molecule has 5 rings (SSSR count). The quantitative estimate of drug-likeness (QED) is 0.237. The van der Waals surface area contributed by atoms with Crippen LogP contribution in [0.4, 0.5) is 13.2 Å². The molecule has 4 aliphatic rings. The lowest BCUT2D eigenvalue weighted by Gasteiger charge is -2.50. The standard InChI is InChI=1S/C32H40F3N3O8/c1-14(2)46-8-7-38(12-15-5-6-15)13-17-11-20(39)22-18(24(17)32(33,34)35)9-16-10-19-25(37(3)4)27(41)23(30(36)44)29(43)31(19,45)28(42)21(16)26(22)40/h11,14-16,19,25,39-40,43,45H,5-10,12-13H2,1-4H3,(H2,36,44)/t16-,19-,25-,31-/m0/s1. The van der Waals surface area contributed by atoms with Gasteiger partial charge in [0.2, 0.25) is 5.78 Å². The van der Waals surface area contributed by atoms with E-state index in [1.807, 2.05) is 18.7 Å². The van der Waals surface area contributed by atoms with Gasteiger partial charge in [0.25, 0.3) is 5.91 Å². The van der Waals surface area contributed by atoms with E-state index in [9.17, 15) is 48.0 Å². The SMILES string of the molecule is CC(C)OCCN(Cc1cc(O)c2c(c1C(F)(F)F)C[C@H]1C[C@H]3[C@H](N(C)C)C(=O)C(C(N)=O)=C(O)[C@@]3(O)C(=O)C1=C2O)CC1CC1. The van der Waals surface area contributed by atoms with Crippen LogP contribution >= 0.6 is 0 Å². The van der Waals surface area contributed by atoms with Crippen LogP contribution in [0.2, 0.25) is 0 Å². The Morgan fingerprint density at radius 2 is 1.83 bits per heavy atom. The molecule has 11 nitrogen and oxygen atoms in total. The summed E-state index contributed by atoms with van der Waals surface area (Å²) in [6, 6.07) is -0.403. The van der Waals surface area contributed by atoms with Crippen LogP contribution in [0.5, 0.6) is 5.75 Å². The molecule has 46 heavy (non-hydrogen) atoms. The van der Waals surface area contributed by atoms with E-state index in [0.29, 0.717) is 25.6 Å². The number of carbonyl (C=O) groups excluding carboxylic acids is 3. The molecule has 0 aliphatic heterocycles. The molecule has 6 N–H and O–H groups in total. The molecule has 4 atom stereocenters. The van der Waals surface area contributed by atoms with E-state index < -0.39 is 98.7 Å². The third-order valence-corrected chi connectivity index (χ3v) is 9.55. The van der Waals surface area contributed by atoms with E-state index in [1.54, 1.807) is 0 Å². The second-order valence-electron chi connectivity index (χ2n) is 13.3. The minimum Gasteiger partial charge on any atom is -0.508 e. The molecular weight excluding hydrogens is 611 g/mol. The van der Waals surface area contributed by atoms with Crippen molar-refractivity contribution in [2.75, 3.05) is 33.8 Å². The Morgan fingerprint density at radius 1 is 1.17 bits per heavy atom. The predicted molar refractivity (Wildman–Crippen MR) is 158 cm³/mol. The second kappa shape index (κ2) is 12.0. The number of phenolic OH excluding ortho intramolecular Hbond substituents is 1. The van der Waals surface area contributed by atoms with Gasteiger partial charge in [-0.2, -0.15) is 13.2 Å². The first-order valence-corrected chi connectivity index (χ1v) is 15.3. The van der Waals surface area contributed by atoms with Gasteiger partial charge >= 0.3 is 6.18 Å². The zero-order valence-electron chi connectivity index (χ0n) is 26.1. The lowest BCUT2D eigenvalue weighted by molar-refractivity contribution is -0.153. The van der Waals surface area contributed by atoms with Crippen molar-refractivity contribution in [3.05, 3.63) is 45.2 Å². The molecule has 0 unspecified atom stereocenters. The van der Waals surface area contributed by atoms with Crippen LogP contribution in [0.15, 0.2) is 23.0 Å². The van der Waals surface area contributed by atoms with E-state index in [2.05, 4.69) is 0 Å². The molecular formula is C32H40F3N3O8. The molecule has 0 heterocycles. The normalized spacial score (nSPS) is 26.6. The number of alkyl halides is 3. The molecule has 0 saturated heterocycles. The summed E-state index contributed by atoms with van der Waals surface area (Å²) in [4.78, 5) is 42.6. The fourth-order valence-electron chi connectivity index (χ4n) is 7.42. The van der Waals surface area contributed by atoms with Crippen LogP contribution < -0.4 is 5.73 Å². The Hall–Kier alpha value is -3.46.